The van der Waals surface area contributed by atoms with Crippen LogP contribution >= 0.6 is 11.3 Å². The number of aliphatic carboxylic acids is 1. The number of aryl methyl sites for hydroxylation is 1. The number of hydrogen-bond acceptors (Lipinski definition) is 4. The largest absolute Gasteiger partial charge is 0.481 e. The highest BCUT2D eigenvalue weighted by Crippen LogP contribution is 2.49. The third kappa shape index (κ3) is 2.65. The number of rotatable bonds is 3. The third-order valence-electron chi connectivity index (χ3n) is 5.63. The number of nitrogens with zero attached hydrogens (tertiary/aromatic N) is 2. The lowest BCUT2D eigenvalue weighted by Crippen LogP contribution is -2.37. The number of likely N-dealkylation sites (tertiary alicyclic amines) is 1. The fraction of sp³-hybridized carbons (Fsp3) is 0.421. The lowest BCUT2D eigenvalue weighted by molar-refractivity contribution is -0.149. The Hall–Kier alpha value is -2.21. The van der Waals surface area contributed by atoms with Gasteiger partial charge in [0.1, 0.15) is 0 Å². The van der Waals surface area contributed by atoms with Gasteiger partial charge in [-0.05, 0) is 37.8 Å². The first kappa shape index (κ1) is 16.3. The van der Waals surface area contributed by atoms with E-state index in [1.807, 2.05) is 36.6 Å². The molecule has 0 radical (unpaired) electrons. The first-order valence-electron chi connectivity index (χ1n) is 8.55. The zero-order chi connectivity index (χ0) is 17.6. The summed E-state index contributed by atoms with van der Waals surface area (Å²) >= 11 is 1.60. The number of carboxylic acid groups (broad SMARTS) is 1. The predicted octanol–water partition coefficient (Wildman–Crippen LogP) is 3.45. The van der Waals surface area contributed by atoms with Crippen molar-refractivity contribution in [1.82, 2.24) is 9.88 Å². The highest BCUT2D eigenvalue weighted by Gasteiger charge is 2.55. The lowest BCUT2D eigenvalue weighted by atomic mass is 9.81. The van der Waals surface area contributed by atoms with Crippen molar-refractivity contribution in [3.8, 4) is 11.3 Å². The molecule has 1 aromatic carbocycles. The highest BCUT2D eigenvalue weighted by molar-refractivity contribution is 7.09. The zero-order valence-electron chi connectivity index (χ0n) is 14.1. The minimum atomic E-state index is -0.750. The minimum absolute atomic E-state index is 0.0731. The second-order valence-electron chi connectivity index (χ2n) is 7.07. The van der Waals surface area contributed by atoms with Crippen LogP contribution in [-0.2, 0) is 4.79 Å². The molecule has 1 amide bonds. The number of fused-ring (bicyclic) bond motifs is 1. The Morgan fingerprint density at radius 1 is 1.32 bits per heavy atom. The molecular formula is C19H20N2O3S. The molecule has 4 rings (SSSR count). The molecule has 1 saturated carbocycles. The summed E-state index contributed by atoms with van der Waals surface area (Å²) in [5.74, 6) is -0.734. The average molecular weight is 356 g/mol. The summed E-state index contributed by atoms with van der Waals surface area (Å²) in [6, 6.07) is 7.44. The SMILES string of the molecule is Cc1nc(-c2ccc(C(=O)N3C[C@@H]4CCC[C@@]4(C(=O)O)C3)cc2)cs1. The van der Waals surface area contributed by atoms with Gasteiger partial charge in [-0.15, -0.1) is 11.3 Å². The van der Waals surface area contributed by atoms with Crippen LogP contribution in [0.3, 0.4) is 0 Å². The summed E-state index contributed by atoms with van der Waals surface area (Å²) in [4.78, 5) is 30.8. The third-order valence-corrected chi connectivity index (χ3v) is 6.40. The van der Waals surface area contributed by atoms with Gasteiger partial charge >= 0.3 is 5.97 Å². The molecule has 2 aliphatic rings. The lowest BCUT2D eigenvalue weighted by Gasteiger charge is -2.23. The van der Waals surface area contributed by atoms with Crippen LogP contribution in [0.25, 0.3) is 11.3 Å². The van der Waals surface area contributed by atoms with E-state index in [2.05, 4.69) is 4.98 Å². The normalized spacial score (nSPS) is 25.2. The van der Waals surface area contributed by atoms with E-state index in [1.54, 1.807) is 16.2 Å². The molecule has 6 heteroatoms. The van der Waals surface area contributed by atoms with Crippen molar-refractivity contribution < 1.29 is 14.7 Å². The van der Waals surface area contributed by atoms with E-state index in [-0.39, 0.29) is 11.8 Å². The maximum Gasteiger partial charge on any atom is 0.311 e. The molecule has 1 N–H and O–H groups in total. The van der Waals surface area contributed by atoms with Gasteiger partial charge in [0.2, 0.25) is 0 Å². The molecule has 5 nitrogen and oxygen atoms in total. The van der Waals surface area contributed by atoms with Crippen LogP contribution < -0.4 is 0 Å². The van der Waals surface area contributed by atoms with Gasteiger partial charge in [0.15, 0.2) is 0 Å². The maximum absolute atomic E-state index is 12.8. The quantitative estimate of drug-likeness (QED) is 0.914. The number of amides is 1. The Kier molecular flexibility index (Phi) is 3.87. The molecular weight excluding hydrogens is 336 g/mol. The first-order valence-corrected chi connectivity index (χ1v) is 9.43. The summed E-state index contributed by atoms with van der Waals surface area (Å²) in [6.45, 7) is 2.85. The smallest absolute Gasteiger partial charge is 0.311 e. The molecule has 0 spiro atoms. The van der Waals surface area contributed by atoms with E-state index < -0.39 is 11.4 Å². The van der Waals surface area contributed by atoms with E-state index in [0.29, 0.717) is 25.1 Å². The Morgan fingerprint density at radius 2 is 2.08 bits per heavy atom. The molecule has 2 fully saturated rings. The van der Waals surface area contributed by atoms with Gasteiger partial charge < -0.3 is 10.0 Å². The van der Waals surface area contributed by atoms with Gasteiger partial charge in [-0.2, -0.15) is 0 Å². The van der Waals surface area contributed by atoms with Crippen LogP contribution in [-0.4, -0.2) is 40.0 Å². The van der Waals surface area contributed by atoms with Crippen LogP contribution in [0.1, 0.15) is 34.6 Å². The summed E-state index contributed by atoms with van der Waals surface area (Å²) in [7, 11) is 0. The summed E-state index contributed by atoms with van der Waals surface area (Å²) in [5, 5.41) is 12.7. The van der Waals surface area contributed by atoms with Gasteiger partial charge in [0.05, 0.1) is 16.1 Å². The van der Waals surface area contributed by atoms with E-state index in [4.69, 9.17) is 0 Å². The number of hydrogen-bond donors (Lipinski definition) is 1. The first-order chi connectivity index (χ1) is 12.0. The fourth-order valence-corrected chi connectivity index (χ4v) is 4.88. The molecule has 2 heterocycles. The Labute approximate surface area is 150 Å². The van der Waals surface area contributed by atoms with E-state index >= 15 is 0 Å². The van der Waals surface area contributed by atoms with Crippen LogP contribution in [0, 0.1) is 18.3 Å². The van der Waals surface area contributed by atoms with E-state index in [9.17, 15) is 14.7 Å². The van der Waals surface area contributed by atoms with Crippen molar-refractivity contribution in [2.45, 2.75) is 26.2 Å². The zero-order valence-corrected chi connectivity index (χ0v) is 14.9. The number of carbonyl (C=O) groups excluding carboxylic acids is 1. The monoisotopic (exact) mass is 356 g/mol. The number of benzene rings is 1. The Bertz CT molecular complexity index is 829. The van der Waals surface area contributed by atoms with E-state index in [0.717, 1.165) is 29.1 Å². The second kappa shape index (κ2) is 5.95. The molecule has 0 unspecified atom stereocenters. The van der Waals surface area contributed by atoms with Gasteiger partial charge in [-0.1, -0.05) is 18.6 Å². The number of aromatic nitrogens is 1. The van der Waals surface area contributed by atoms with Gasteiger partial charge in [0.25, 0.3) is 5.91 Å². The Morgan fingerprint density at radius 3 is 2.68 bits per heavy atom. The Balaban J connectivity index is 1.53. The second-order valence-corrected chi connectivity index (χ2v) is 8.13. The molecule has 25 heavy (non-hydrogen) atoms. The van der Waals surface area contributed by atoms with Crippen LogP contribution in [0.5, 0.6) is 0 Å². The topological polar surface area (TPSA) is 70.5 Å². The molecule has 1 saturated heterocycles. The van der Waals surface area contributed by atoms with Gasteiger partial charge in [0, 0.05) is 29.6 Å². The van der Waals surface area contributed by atoms with Gasteiger partial charge in [-0.3, -0.25) is 9.59 Å². The van der Waals surface area contributed by atoms with E-state index in [1.165, 1.54) is 0 Å². The molecule has 0 bridgehead atoms. The molecule has 1 aliphatic carbocycles. The summed E-state index contributed by atoms with van der Waals surface area (Å²) in [5.41, 5.74) is 1.78. The average Bonchev–Trinajstić information content (AvgIpc) is 3.28. The number of carboxylic acids is 1. The van der Waals surface area contributed by atoms with Crippen molar-refractivity contribution in [2.75, 3.05) is 13.1 Å². The molecule has 1 aliphatic heterocycles. The molecule has 2 atom stereocenters. The highest BCUT2D eigenvalue weighted by atomic mass is 32.1. The van der Waals surface area contributed by atoms with Crippen molar-refractivity contribution in [2.24, 2.45) is 11.3 Å². The van der Waals surface area contributed by atoms with Crippen LogP contribution in [0.2, 0.25) is 0 Å². The fourth-order valence-electron chi connectivity index (χ4n) is 4.26. The van der Waals surface area contributed by atoms with Crippen molar-refractivity contribution >= 4 is 23.2 Å². The standard InChI is InChI=1S/C19H20N2O3S/c1-12-20-16(10-25-12)13-4-6-14(7-5-13)17(22)21-9-15-3-2-8-19(15,11-21)18(23)24/h4-7,10,15H,2-3,8-9,11H2,1H3,(H,23,24)/t15-,19+/m0/s1. The summed E-state index contributed by atoms with van der Waals surface area (Å²) < 4.78 is 0. The number of thiazole rings is 1. The van der Waals surface area contributed by atoms with Crippen molar-refractivity contribution in [3.63, 3.8) is 0 Å². The van der Waals surface area contributed by atoms with Crippen LogP contribution in [0.15, 0.2) is 29.6 Å². The molecule has 2 aromatic rings. The molecule has 130 valence electrons. The number of carbonyl (C=O) groups is 2. The maximum atomic E-state index is 12.8. The van der Waals surface area contributed by atoms with Crippen molar-refractivity contribution in [3.05, 3.63) is 40.2 Å². The van der Waals surface area contributed by atoms with Crippen molar-refractivity contribution in [1.29, 1.82) is 0 Å². The predicted molar refractivity (Wildman–Crippen MR) is 95.6 cm³/mol. The molecule has 1 aromatic heterocycles. The van der Waals surface area contributed by atoms with Gasteiger partial charge in [-0.25, -0.2) is 4.98 Å². The summed E-state index contributed by atoms with van der Waals surface area (Å²) in [6.07, 6.45) is 2.53. The van der Waals surface area contributed by atoms with Crippen LogP contribution in [0.4, 0.5) is 0 Å². The minimum Gasteiger partial charge on any atom is -0.481 e.